The van der Waals surface area contributed by atoms with Gasteiger partial charge in [-0.05, 0) is 37.3 Å². The van der Waals surface area contributed by atoms with Gasteiger partial charge in [0, 0.05) is 18.1 Å². The van der Waals surface area contributed by atoms with Crippen LogP contribution in [0.2, 0.25) is 0 Å². The van der Waals surface area contributed by atoms with Gasteiger partial charge in [-0.25, -0.2) is 0 Å². The molecule has 1 nitrogen and oxygen atoms in total. The largest absolute Gasteiger partial charge is 0.366 e. The third kappa shape index (κ3) is 0.926. The van der Waals surface area contributed by atoms with Crippen molar-refractivity contribution in [3.8, 4) is 0 Å². The van der Waals surface area contributed by atoms with Crippen molar-refractivity contribution in [3.63, 3.8) is 0 Å². The Morgan fingerprint density at radius 1 is 1.44 bits per heavy atom. The summed E-state index contributed by atoms with van der Waals surface area (Å²) in [5.74, 6) is 0. The van der Waals surface area contributed by atoms with Crippen molar-refractivity contribution >= 4 is 34.8 Å². The van der Waals surface area contributed by atoms with E-state index >= 15 is 0 Å². The van der Waals surface area contributed by atoms with Gasteiger partial charge in [-0.15, -0.1) is 0 Å². The van der Waals surface area contributed by atoms with Crippen molar-refractivity contribution in [2.24, 2.45) is 5.41 Å². The molecule has 0 unspecified atom stereocenters. The fourth-order valence-corrected chi connectivity index (χ4v) is 5.05. The summed E-state index contributed by atoms with van der Waals surface area (Å²) in [5, 5.41) is 0. The number of rotatable bonds is 1. The molecule has 0 aromatic rings. The third-order valence-electron chi connectivity index (χ3n) is 4.53. The van der Waals surface area contributed by atoms with Crippen molar-refractivity contribution in [1.82, 2.24) is 0 Å². The Kier molecular flexibility index (Phi) is 2.28. The Morgan fingerprint density at radius 3 is 2.81 bits per heavy atom. The molecule has 4 heteroatoms. The Bertz CT molecular complexity index is 412. The summed E-state index contributed by atoms with van der Waals surface area (Å²) >= 11 is 19.2. The molecule has 0 heterocycles. The number of methoxy groups -OCH3 is 1. The molecule has 0 aliphatic heterocycles. The molecule has 0 aromatic carbocycles. The van der Waals surface area contributed by atoms with Crippen molar-refractivity contribution < 1.29 is 4.74 Å². The van der Waals surface area contributed by atoms with E-state index in [4.69, 9.17) is 39.5 Å². The molecule has 0 aromatic heterocycles. The van der Waals surface area contributed by atoms with Crippen LogP contribution in [0.5, 0.6) is 0 Å². The maximum absolute atomic E-state index is 6.64. The fourth-order valence-electron chi connectivity index (χ4n) is 3.74. The van der Waals surface area contributed by atoms with Crippen LogP contribution in [0.15, 0.2) is 22.8 Å². The van der Waals surface area contributed by atoms with Crippen LogP contribution in [0, 0.1) is 5.41 Å². The van der Waals surface area contributed by atoms with Gasteiger partial charge in [0.25, 0.3) is 0 Å². The second kappa shape index (κ2) is 3.20. The number of fused-ring (bicyclic) bond motifs is 1. The lowest BCUT2D eigenvalue weighted by Gasteiger charge is -2.36. The Balaban J connectivity index is 2.26. The third-order valence-corrected chi connectivity index (χ3v) is 6.08. The van der Waals surface area contributed by atoms with Gasteiger partial charge in [0.2, 0.25) is 0 Å². The number of allylic oxidation sites excluding steroid dienone is 1. The van der Waals surface area contributed by atoms with Crippen LogP contribution in [0.4, 0.5) is 0 Å². The molecule has 3 aliphatic carbocycles. The zero-order valence-electron chi connectivity index (χ0n) is 9.03. The summed E-state index contributed by atoms with van der Waals surface area (Å²) in [6.07, 6.45) is 6.22. The number of alkyl halides is 2. The lowest BCUT2D eigenvalue weighted by atomic mass is 9.81. The summed E-state index contributed by atoms with van der Waals surface area (Å²) in [6.45, 7) is 0. The predicted octanol–water partition coefficient (Wildman–Crippen LogP) is 4.18. The van der Waals surface area contributed by atoms with Gasteiger partial charge in [0.1, 0.15) is 5.60 Å². The van der Waals surface area contributed by atoms with Crippen LogP contribution < -0.4 is 0 Å². The Morgan fingerprint density at radius 2 is 2.19 bits per heavy atom. The zero-order valence-corrected chi connectivity index (χ0v) is 11.3. The van der Waals surface area contributed by atoms with Gasteiger partial charge >= 0.3 is 0 Å². The maximum Gasteiger partial charge on any atom is 0.164 e. The first-order valence-electron chi connectivity index (χ1n) is 5.49. The zero-order chi connectivity index (χ0) is 11.6. The molecule has 0 saturated heterocycles. The minimum absolute atomic E-state index is 0.132. The van der Waals surface area contributed by atoms with Crippen LogP contribution in [0.25, 0.3) is 0 Å². The van der Waals surface area contributed by atoms with E-state index in [1.54, 1.807) is 12.6 Å². The van der Waals surface area contributed by atoms with Crippen LogP contribution in [-0.2, 0) is 4.74 Å². The van der Waals surface area contributed by atoms with Gasteiger partial charge < -0.3 is 4.74 Å². The molecule has 2 fully saturated rings. The summed E-state index contributed by atoms with van der Waals surface area (Å²) < 4.78 is 4.75. The van der Waals surface area contributed by atoms with Crippen molar-refractivity contribution in [2.45, 2.75) is 35.6 Å². The summed E-state index contributed by atoms with van der Waals surface area (Å²) in [5.41, 5.74) is 3.12. The second-order valence-corrected chi connectivity index (χ2v) is 6.48. The van der Waals surface area contributed by atoms with E-state index in [2.05, 4.69) is 6.08 Å². The number of halogens is 3. The average molecular weight is 280 g/mol. The molecule has 16 heavy (non-hydrogen) atoms. The quantitative estimate of drug-likeness (QED) is 0.517. The summed E-state index contributed by atoms with van der Waals surface area (Å²) in [6, 6.07) is 0. The topological polar surface area (TPSA) is 9.23 Å². The van der Waals surface area contributed by atoms with Crippen molar-refractivity contribution in [1.29, 1.82) is 0 Å². The van der Waals surface area contributed by atoms with Crippen LogP contribution in [-0.4, -0.2) is 17.0 Å². The predicted molar refractivity (Wildman–Crippen MR) is 67.1 cm³/mol. The molecule has 1 spiro atoms. The van der Waals surface area contributed by atoms with Gasteiger partial charge in [-0.1, -0.05) is 40.4 Å². The molecular weight excluding hydrogens is 266 g/mol. The minimum Gasteiger partial charge on any atom is -0.366 e. The SMILES string of the molecule is CO[C@@]12C=C3CCC[C@]3(C/C1=C\Cl)C2(Cl)Cl. The van der Waals surface area contributed by atoms with Gasteiger partial charge in [0.15, 0.2) is 4.33 Å². The number of ether oxygens (including phenoxy) is 1. The van der Waals surface area contributed by atoms with Gasteiger partial charge in [0.05, 0.1) is 0 Å². The summed E-state index contributed by atoms with van der Waals surface area (Å²) in [4.78, 5) is 0. The summed E-state index contributed by atoms with van der Waals surface area (Å²) in [7, 11) is 1.65. The highest BCUT2D eigenvalue weighted by Crippen LogP contribution is 2.74. The molecular formula is C12H13Cl3O. The van der Waals surface area contributed by atoms with Gasteiger partial charge in [-0.3, -0.25) is 0 Å². The Hall–Kier alpha value is 0.310. The monoisotopic (exact) mass is 278 g/mol. The molecule has 0 radical (unpaired) electrons. The Labute approximate surface area is 110 Å². The number of hydrogen-bond donors (Lipinski definition) is 0. The second-order valence-electron chi connectivity index (χ2n) is 4.93. The number of hydrogen-bond acceptors (Lipinski definition) is 1. The van der Waals surface area contributed by atoms with Crippen LogP contribution in [0.1, 0.15) is 25.7 Å². The van der Waals surface area contributed by atoms with E-state index < -0.39 is 9.93 Å². The van der Waals surface area contributed by atoms with E-state index in [1.807, 2.05) is 0 Å². The van der Waals surface area contributed by atoms with E-state index in [9.17, 15) is 0 Å². The lowest BCUT2D eigenvalue weighted by molar-refractivity contribution is 0.0580. The standard InChI is InChI=1S/C12H13Cl3O/c1-16-11-6-8-3-2-4-10(8,12(11,14)15)5-9(11)7-13/h6-7H,2-5H2,1H3/b9-7+/t10-,11+/m1/s1. The van der Waals surface area contributed by atoms with Crippen molar-refractivity contribution in [3.05, 3.63) is 22.8 Å². The first-order chi connectivity index (χ1) is 7.54. The first kappa shape index (κ1) is 11.4. The van der Waals surface area contributed by atoms with E-state index in [0.29, 0.717) is 0 Å². The van der Waals surface area contributed by atoms with E-state index in [1.165, 1.54) is 5.57 Å². The highest BCUT2D eigenvalue weighted by molar-refractivity contribution is 6.51. The van der Waals surface area contributed by atoms with Crippen LogP contribution >= 0.6 is 34.8 Å². The van der Waals surface area contributed by atoms with Crippen LogP contribution in [0.3, 0.4) is 0 Å². The molecule has 88 valence electrons. The fraction of sp³-hybridized carbons (Fsp3) is 0.667. The normalized spacial score (nSPS) is 46.2. The average Bonchev–Trinajstić information content (AvgIpc) is 2.81. The van der Waals surface area contributed by atoms with Crippen molar-refractivity contribution in [2.75, 3.05) is 7.11 Å². The molecule has 2 saturated carbocycles. The van der Waals surface area contributed by atoms with Gasteiger partial charge in [-0.2, -0.15) is 0 Å². The van der Waals surface area contributed by atoms with E-state index in [0.717, 1.165) is 31.3 Å². The maximum atomic E-state index is 6.64. The highest BCUT2D eigenvalue weighted by Gasteiger charge is 2.74. The lowest BCUT2D eigenvalue weighted by Crippen LogP contribution is -2.45. The molecule has 2 atom stereocenters. The molecule has 0 N–H and O–H groups in total. The minimum atomic E-state index is -0.901. The smallest absolute Gasteiger partial charge is 0.164 e. The molecule has 3 rings (SSSR count). The molecule has 0 amide bonds. The molecule has 2 bridgehead atoms. The first-order valence-corrected chi connectivity index (χ1v) is 6.68. The van der Waals surface area contributed by atoms with E-state index in [-0.39, 0.29) is 5.41 Å². The highest BCUT2D eigenvalue weighted by atomic mass is 35.5. The molecule has 3 aliphatic rings.